The minimum Gasteiger partial charge on any atom is -0.369 e. The standard InChI is InChI=1S/C25H36N2O/c1-4-5-6-7-10-20(2)23-13-12-21(19-28)17-24(23)27-16-15-26-25(3)14-9-8-11-22(25)18-27/h8-9,11-14,17,19-20,22,26H,4-7,10,15-16,18H2,1-3H3. The van der Waals surface area contributed by atoms with Crippen molar-refractivity contribution in [2.75, 3.05) is 24.5 Å². The van der Waals surface area contributed by atoms with E-state index in [-0.39, 0.29) is 5.54 Å². The molecule has 3 nitrogen and oxygen atoms in total. The Morgan fingerprint density at radius 1 is 1.29 bits per heavy atom. The average Bonchev–Trinajstić information content (AvgIpc) is 2.89. The lowest BCUT2D eigenvalue weighted by Crippen LogP contribution is -2.47. The average molecular weight is 381 g/mol. The maximum atomic E-state index is 11.5. The van der Waals surface area contributed by atoms with Crippen LogP contribution in [0.4, 0.5) is 5.69 Å². The summed E-state index contributed by atoms with van der Waals surface area (Å²) in [4.78, 5) is 14.0. The van der Waals surface area contributed by atoms with Gasteiger partial charge < -0.3 is 10.2 Å². The van der Waals surface area contributed by atoms with E-state index in [1.54, 1.807) is 0 Å². The van der Waals surface area contributed by atoms with Crippen molar-refractivity contribution in [3.8, 4) is 0 Å². The predicted octanol–water partition coefficient (Wildman–Crippen LogP) is 5.48. The highest BCUT2D eigenvalue weighted by atomic mass is 16.1. The quantitative estimate of drug-likeness (QED) is 0.478. The molecule has 3 unspecified atom stereocenters. The molecule has 1 aliphatic heterocycles. The maximum Gasteiger partial charge on any atom is 0.150 e. The van der Waals surface area contributed by atoms with Crippen molar-refractivity contribution in [2.45, 2.75) is 64.3 Å². The van der Waals surface area contributed by atoms with E-state index in [9.17, 15) is 4.79 Å². The van der Waals surface area contributed by atoms with Crippen molar-refractivity contribution < 1.29 is 4.79 Å². The molecule has 3 heteroatoms. The number of rotatable bonds is 8. The molecule has 0 saturated carbocycles. The van der Waals surface area contributed by atoms with Gasteiger partial charge in [0.2, 0.25) is 0 Å². The third kappa shape index (κ3) is 4.75. The van der Waals surface area contributed by atoms with Gasteiger partial charge in [-0.1, -0.05) is 76.0 Å². The van der Waals surface area contributed by atoms with Crippen molar-refractivity contribution in [1.29, 1.82) is 0 Å². The Balaban J connectivity index is 1.83. The van der Waals surface area contributed by atoms with Gasteiger partial charge in [-0.2, -0.15) is 0 Å². The van der Waals surface area contributed by atoms with Gasteiger partial charge in [-0.15, -0.1) is 0 Å². The second-order valence-corrected chi connectivity index (χ2v) is 8.69. The minimum atomic E-state index is 0.0116. The fourth-order valence-corrected chi connectivity index (χ4v) is 4.58. The molecular weight excluding hydrogens is 344 g/mol. The Morgan fingerprint density at radius 3 is 2.93 bits per heavy atom. The number of nitrogens with zero attached hydrogens (tertiary/aromatic N) is 1. The van der Waals surface area contributed by atoms with Crippen LogP contribution >= 0.6 is 0 Å². The van der Waals surface area contributed by atoms with Gasteiger partial charge >= 0.3 is 0 Å². The molecule has 1 aromatic carbocycles. The molecule has 28 heavy (non-hydrogen) atoms. The van der Waals surface area contributed by atoms with Gasteiger partial charge in [0.1, 0.15) is 6.29 Å². The second-order valence-electron chi connectivity index (χ2n) is 8.69. The Morgan fingerprint density at radius 2 is 2.14 bits per heavy atom. The first-order valence-electron chi connectivity index (χ1n) is 11.0. The van der Waals surface area contributed by atoms with E-state index in [1.165, 1.54) is 43.4 Å². The Kier molecular flexibility index (Phi) is 7.12. The van der Waals surface area contributed by atoms with Crippen LogP contribution in [0, 0.1) is 5.92 Å². The largest absolute Gasteiger partial charge is 0.369 e. The summed E-state index contributed by atoms with van der Waals surface area (Å²) >= 11 is 0. The number of hydrogen-bond donors (Lipinski definition) is 1. The number of fused-ring (bicyclic) bond motifs is 1. The van der Waals surface area contributed by atoms with E-state index in [1.807, 2.05) is 6.07 Å². The molecule has 1 N–H and O–H groups in total. The normalized spacial score (nSPS) is 25.2. The van der Waals surface area contributed by atoms with Gasteiger partial charge in [0.15, 0.2) is 0 Å². The van der Waals surface area contributed by atoms with E-state index in [0.29, 0.717) is 11.8 Å². The first-order valence-corrected chi connectivity index (χ1v) is 11.0. The van der Waals surface area contributed by atoms with Gasteiger partial charge in [-0.25, -0.2) is 0 Å². The van der Waals surface area contributed by atoms with Gasteiger partial charge in [-0.05, 0) is 30.9 Å². The van der Waals surface area contributed by atoms with Crippen molar-refractivity contribution in [3.05, 3.63) is 53.6 Å². The number of carbonyl (C=O) groups is 1. The summed E-state index contributed by atoms with van der Waals surface area (Å²) in [5, 5.41) is 3.74. The number of aldehydes is 1. The van der Waals surface area contributed by atoms with E-state index in [2.05, 4.69) is 67.4 Å². The number of allylic oxidation sites excluding steroid dienone is 2. The van der Waals surface area contributed by atoms with E-state index >= 15 is 0 Å². The molecule has 1 heterocycles. The minimum absolute atomic E-state index is 0.0116. The second kappa shape index (κ2) is 9.56. The molecule has 1 saturated heterocycles. The number of benzene rings is 1. The molecule has 0 radical (unpaired) electrons. The zero-order valence-corrected chi connectivity index (χ0v) is 17.8. The SMILES string of the molecule is CCCCCCC(C)c1ccc(C=O)cc1N1CCNC2(C)C=CC=CC2C1. The van der Waals surface area contributed by atoms with Gasteiger partial charge in [0, 0.05) is 42.3 Å². The summed E-state index contributed by atoms with van der Waals surface area (Å²) in [6.45, 7) is 9.78. The zero-order chi connectivity index (χ0) is 20.0. The fourth-order valence-electron chi connectivity index (χ4n) is 4.58. The van der Waals surface area contributed by atoms with Crippen LogP contribution in [-0.4, -0.2) is 31.5 Å². The maximum absolute atomic E-state index is 11.5. The van der Waals surface area contributed by atoms with Crippen LogP contribution in [0.15, 0.2) is 42.5 Å². The molecule has 3 atom stereocenters. The lowest BCUT2D eigenvalue weighted by atomic mass is 9.82. The molecule has 0 aromatic heterocycles. The summed E-state index contributed by atoms with van der Waals surface area (Å²) in [7, 11) is 0. The van der Waals surface area contributed by atoms with Crippen LogP contribution in [0.2, 0.25) is 0 Å². The van der Waals surface area contributed by atoms with Crippen molar-refractivity contribution in [2.24, 2.45) is 5.92 Å². The van der Waals surface area contributed by atoms with Crippen LogP contribution in [0.3, 0.4) is 0 Å². The molecular formula is C25H36N2O. The van der Waals surface area contributed by atoms with Crippen molar-refractivity contribution >= 4 is 12.0 Å². The first-order chi connectivity index (χ1) is 13.6. The molecule has 1 fully saturated rings. The lowest BCUT2D eigenvalue weighted by molar-refractivity contribution is 0.112. The number of anilines is 1. The predicted molar refractivity (Wildman–Crippen MR) is 119 cm³/mol. The number of unbranched alkanes of at least 4 members (excludes halogenated alkanes) is 3. The molecule has 0 amide bonds. The molecule has 3 rings (SSSR count). The molecule has 1 aliphatic carbocycles. The van der Waals surface area contributed by atoms with Crippen LogP contribution in [-0.2, 0) is 0 Å². The Hall–Kier alpha value is -1.87. The summed E-state index contributed by atoms with van der Waals surface area (Å²) < 4.78 is 0. The van der Waals surface area contributed by atoms with Crippen LogP contribution in [0.1, 0.15) is 74.7 Å². The number of carbonyl (C=O) groups excluding carboxylic acids is 1. The topological polar surface area (TPSA) is 32.3 Å². The molecule has 152 valence electrons. The molecule has 1 aromatic rings. The van der Waals surface area contributed by atoms with E-state index in [0.717, 1.165) is 31.5 Å². The Labute approximate surface area is 170 Å². The molecule has 0 spiro atoms. The third-order valence-electron chi connectivity index (χ3n) is 6.52. The summed E-state index contributed by atoms with van der Waals surface area (Å²) in [6.07, 6.45) is 16.3. The third-order valence-corrected chi connectivity index (χ3v) is 6.52. The Bertz CT molecular complexity index is 723. The molecule has 0 bridgehead atoms. The highest BCUT2D eigenvalue weighted by molar-refractivity contribution is 5.78. The zero-order valence-electron chi connectivity index (χ0n) is 17.8. The summed E-state index contributed by atoms with van der Waals surface area (Å²) in [5.41, 5.74) is 3.43. The van der Waals surface area contributed by atoms with Crippen LogP contribution in [0.5, 0.6) is 0 Å². The smallest absolute Gasteiger partial charge is 0.150 e. The van der Waals surface area contributed by atoms with E-state index in [4.69, 9.17) is 0 Å². The number of nitrogens with one attached hydrogen (secondary N) is 1. The van der Waals surface area contributed by atoms with Crippen molar-refractivity contribution in [1.82, 2.24) is 5.32 Å². The summed E-state index contributed by atoms with van der Waals surface area (Å²) in [5.74, 6) is 0.935. The van der Waals surface area contributed by atoms with Gasteiger partial charge in [0.05, 0.1) is 0 Å². The van der Waals surface area contributed by atoms with Gasteiger partial charge in [0.25, 0.3) is 0 Å². The van der Waals surface area contributed by atoms with Gasteiger partial charge in [-0.3, -0.25) is 4.79 Å². The molecule has 2 aliphatic rings. The lowest BCUT2D eigenvalue weighted by Gasteiger charge is -2.36. The highest BCUT2D eigenvalue weighted by Gasteiger charge is 2.35. The van der Waals surface area contributed by atoms with Crippen LogP contribution < -0.4 is 10.2 Å². The van der Waals surface area contributed by atoms with Crippen molar-refractivity contribution in [3.63, 3.8) is 0 Å². The highest BCUT2D eigenvalue weighted by Crippen LogP contribution is 2.35. The summed E-state index contributed by atoms with van der Waals surface area (Å²) in [6, 6.07) is 6.28. The first kappa shape index (κ1) is 20.9. The fraction of sp³-hybridized carbons (Fsp3) is 0.560. The van der Waals surface area contributed by atoms with E-state index < -0.39 is 0 Å². The van der Waals surface area contributed by atoms with Crippen LogP contribution in [0.25, 0.3) is 0 Å². The number of hydrogen-bond acceptors (Lipinski definition) is 3. The monoisotopic (exact) mass is 380 g/mol.